The molecule has 0 aromatic carbocycles. The highest BCUT2D eigenvalue weighted by Gasteiger charge is 2.20. The quantitative estimate of drug-likeness (QED) is 0.589. The summed E-state index contributed by atoms with van der Waals surface area (Å²) in [6.07, 6.45) is 3.62. The normalized spacial score (nSPS) is 23.2. The summed E-state index contributed by atoms with van der Waals surface area (Å²) in [5, 5.41) is 6.98. The molecule has 11 heavy (non-hydrogen) atoms. The van der Waals surface area contributed by atoms with Gasteiger partial charge in [0.15, 0.2) is 0 Å². The second-order valence-electron chi connectivity index (χ2n) is 3.29. The number of fused-ring (bicyclic) bond motifs is 1. The van der Waals surface area contributed by atoms with Gasteiger partial charge in [-0.3, -0.25) is 5.10 Å². The zero-order valence-electron chi connectivity index (χ0n) is 6.72. The van der Waals surface area contributed by atoms with E-state index in [0.717, 1.165) is 6.42 Å². The van der Waals surface area contributed by atoms with Crippen LogP contribution in [0, 0.1) is 0 Å². The number of nitrogens with two attached hydrogens (primary N) is 1. The van der Waals surface area contributed by atoms with Crippen LogP contribution in [-0.2, 0) is 6.42 Å². The van der Waals surface area contributed by atoms with E-state index in [0.29, 0.717) is 11.7 Å². The maximum Gasteiger partial charge on any atom is 0.148 e. The Bertz CT molecular complexity index is 264. The molecule has 1 aliphatic carbocycles. The van der Waals surface area contributed by atoms with E-state index in [1.54, 1.807) is 0 Å². The molecule has 1 heterocycles. The maximum atomic E-state index is 5.71. The summed E-state index contributed by atoms with van der Waals surface area (Å²) in [7, 11) is 0. The molecule has 0 fully saturated rings. The van der Waals surface area contributed by atoms with E-state index in [1.165, 1.54) is 24.1 Å². The fourth-order valence-corrected chi connectivity index (χ4v) is 1.87. The highest BCUT2D eigenvalue weighted by atomic mass is 15.2. The molecule has 1 aliphatic rings. The lowest BCUT2D eigenvalue weighted by molar-refractivity contribution is 0.586. The lowest BCUT2D eigenvalue weighted by Gasteiger charge is -2.17. The number of rotatable bonds is 0. The monoisotopic (exact) mass is 151 g/mol. The summed E-state index contributed by atoms with van der Waals surface area (Å²) in [4.78, 5) is 0. The molecule has 3 heteroatoms. The van der Waals surface area contributed by atoms with Crippen molar-refractivity contribution in [1.29, 1.82) is 0 Å². The van der Waals surface area contributed by atoms with Crippen LogP contribution < -0.4 is 5.73 Å². The Labute approximate surface area is 66.0 Å². The first-order chi connectivity index (χ1) is 5.29. The maximum absolute atomic E-state index is 5.71. The van der Waals surface area contributed by atoms with Crippen molar-refractivity contribution in [2.24, 2.45) is 0 Å². The number of hydrogen-bond acceptors (Lipinski definition) is 2. The van der Waals surface area contributed by atoms with Crippen molar-refractivity contribution in [1.82, 2.24) is 10.2 Å². The second-order valence-corrected chi connectivity index (χ2v) is 3.29. The van der Waals surface area contributed by atoms with Crippen molar-refractivity contribution in [3.05, 3.63) is 11.3 Å². The van der Waals surface area contributed by atoms with E-state index in [9.17, 15) is 0 Å². The summed E-state index contributed by atoms with van der Waals surface area (Å²) in [6.45, 7) is 2.21. The zero-order valence-corrected chi connectivity index (χ0v) is 6.72. The molecule has 0 spiro atoms. The lowest BCUT2D eigenvalue weighted by Crippen LogP contribution is -2.06. The van der Waals surface area contributed by atoms with Crippen molar-refractivity contribution < 1.29 is 0 Å². The fourth-order valence-electron chi connectivity index (χ4n) is 1.87. The van der Waals surface area contributed by atoms with Crippen LogP contribution in [0.15, 0.2) is 0 Å². The lowest BCUT2D eigenvalue weighted by atomic mass is 9.88. The molecular formula is C8H13N3. The van der Waals surface area contributed by atoms with E-state index in [1.807, 2.05) is 0 Å². The Morgan fingerprint density at radius 2 is 2.45 bits per heavy atom. The van der Waals surface area contributed by atoms with Gasteiger partial charge in [-0.2, -0.15) is 5.10 Å². The van der Waals surface area contributed by atoms with E-state index >= 15 is 0 Å². The van der Waals surface area contributed by atoms with E-state index in [2.05, 4.69) is 17.1 Å². The molecule has 2 rings (SSSR count). The average Bonchev–Trinajstić information content (AvgIpc) is 2.34. The molecule has 0 aliphatic heterocycles. The first-order valence-electron chi connectivity index (χ1n) is 4.11. The highest BCUT2D eigenvalue weighted by Crippen LogP contribution is 2.33. The fraction of sp³-hybridized carbons (Fsp3) is 0.625. The van der Waals surface area contributed by atoms with E-state index in [4.69, 9.17) is 5.73 Å². The van der Waals surface area contributed by atoms with Gasteiger partial charge in [-0.15, -0.1) is 0 Å². The Hall–Kier alpha value is -0.990. The standard InChI is InChI=1S/C8H13N3/c1-5-3-2-4-6-7(5)8(9)11-10-6/h5H,2-4H2,1H3,(H3,9,10,11). The molecule has 1 unspecified atom stereocenters. The van der Waals surface area contributed by atoms with Crippen molar-refractivity contribution in [3.8, 4) is 0 Å². The minimum atomic E-state index is 0.595. The third kappa shape index (κ3) is 0.914. The van der Waals surface area contributed by atoms with Gasteiger partial charge in [-0.05, 0) is 25.2 Å². The van der Waals surface area contributed by atoms with Crippen LogP contribution in [0.4, 0.5) is 5.82 Å². The zero-order chi connectivity index (χ0) is 7.84. The summed E-state index contributed by atoms with van der Waals surface area (Å²) >= 11 is 0. The van der Waals surface area contributed by atoms with Gasteiger partial charge in [0.1, 0.15) is 5.82 Å². The Morgan fingerprint density at radius 3 is 3.18 bits per heavy atom. The van der Waals surface area contributed by atoms with E-state index in [-0.39, 0.29) is 0 Å². The highest BCUT2D eigenvalue weighted by molar-refractivity contribution is 5.45. The number of aryl methyl sites for hydroxylation is 1. The van der Waals surface area contributed by atoms with Gasteiger partial charge in [-0.1, -0.05) is 6.92 Å². The van der Waals surface area contributed by atoms with Gasteiger partial charge >= 0.3 is 0 Å². The predicted octanol–water partition coefficient (Wildman–Crippen LogP) is 1.43. The number of anilines is 1. The molecule has 60 valence electrons. The molecule has 0 amide bonds. The third-order valence-electron chi connectivity index (χ3n) is 2.47. The first-order valence-corrected chi connectivity index (χ1v) is 4.11. The molecular weight excluding hydrogens is 138 g/mol. The largest absolute Gasteiger partial charge is 0.382 e. The van der Waals surface area contributed by atoms with E-state index < -0.39 is 0 Å². The van der Waals surface area contributed by atoms with Crippen LogP contribution in [0.2, 0.25) is 0 Å². The number of hydrogen-bond donors (Lipinski definition) is 2. The summed E-state index contributed by atoms with van der Waals surface area (Å²) in [5.41, 5.74) is 8.22. The van der Waals surface area contributed by atoms with Gasteiger partial charge < -0.3 is 5.73 Å². The number of H-pyrrole nitrogens is 1. The Morgan fingerprint density at radius 1 is 1.64 bits per heavy atom. The van der Waals surface area contributed by atoms with Gasteiger partial charge in [0.2, 0.25) is 0 Å². The Kier molecular flexibility index (Phi) is 1.37. The Balaban J connectivity index is 2.48. The number of aromatic nitrogens is 2. The molecule has 1 atom stereocenters. The number of nitrogen functional groups attached to an aromatic ring is 1. The average molecular weight is 151 g/mol. The van der Waals surface area contributed by atoms with Gasteiger partial charge in [0.25, 0.3) is 0 Å². The smallest absolute Gasteiger partial charge is 0.148 e. The minimum absolute atomic E-state index is 0.595. The van der Waals surface area contributed by atoms with Crippen molar-refractivity contribution in [3.63, 3.8) is 0 Å². The third-order valence-corrected chi connectivity index (χ3v) is 2.47. The summed E-state index contributed by atoms with van der Waals surface area (Å²) in [5.74, 6) is 1.30. The SMILES string of the molecule is CC1CCCc2[nH]nc(N)c21. The summed E-state index contributed by atoms with van der Waals surface area (Å²) in [6, 6.07) is 0. The van der Waals surface area contributed by atoms with Gasteiger partial charge in [0, 0.05) is 11.3 Å². The molecule has 1 aromatic rings. The number of nitrogens with one attached hydrogen (secondary N) is 1. The van der Waals surface area contributed by atoms with Crippen molar-refractivity contribution in [2.75, 3.05) is 5.73 Å². The summed E-state index contributed by atoms with van der Waals surface area (Å²) < 4.78 is 0. The van der Waals surface area contributed by atoms with Gasteiger partial charge in [-0.25, -0.2) is 0 Å². The topological polar surface area (TPSA) is 54.7 Å². The van der Waals surface area contributed by atoms with Crippen LogP contribution in [-0.4, -0.2) is 10.2 Å². The molecule has 0 bridgehead atoms. The molecule has 0 radical (unpaired) electrons. The predicted molar refractivity (Wildman–Crippen MR) is 44.4 cm³/mol. The molecule has 3 nitrogen and oxygen atoms in total. The van der Waals surface area contributed by atoms with Crippen molar-refractivity contribution >= 4 is 5.82 Å². The van der Waals surface area contributed by atoms with Crippen LogP contribution in [0.3, 0.4) is 0 Å². The first kappa shape index (κ1) is 6.70. The van der Waals surface area contributed by atoms with Crippen LogP contribution in [0.5, 0.6) is 0 Å². The van der Waals surface area contributed by atoms with Crippen LogP contribution in [0.1, 0.15) is 36.9 Å². The molecule has 3 N–H and O–H groups in total. The van der Waals surface area contributed by atoms with Crippen molar-refractivity contribution in [2.45, 2.75) is 32.1 Å². The van der Waals surface area contributed by atoms with Crippen LogP contribution >= 0.6 is 0 Å². The molecule has 1 aromatic heterocycles. The molecule has 0 saturated heterocycles. The second kappa shape index (κ2) is 2.26. The minimum Gasteiger partial charge on any atom is -0.382 e. The van der Waals surface area contributed by atoms with Crippen LogP contribution in [0.25, 0.3) is 0 Å². The van der Waals surface area contributed by atoms with Gasteiger partial charge in [0.05, 0.1) is 0 Å². The number of nitrogens with zero attached hydrogens (tertiary/aromatic N) is 1. The number of aromatic amines is 1. The molecule has 0 saturated carbocycles.